The number of sulfone groups is 1. The third-order valence-corrected chi connectivity index (χ3v) is 6.89. The maximum Gasteiger partial charge on any atom is 0.329 e. The summed E-state index contributed by atoms with van der Waals surface area (Å²) < 4.78 is 29.6. The van der Waals surface area contributed by atoms with Crippen LogP contribution in [0.2, 0.25) is 0 Å². The Bertz CT molecular complexity index is 821. The van der Waals surface area contributed by atoms with Gasteiger partial charge in [-0.2, -0.15) is 0 Å². The molecule has 2 aromatic carbocycles. The average molecular weight is 345 g/mol. The number of benzene rings is 2. The fourth-order valence-electron chi connectivity index (χ4n) is 3.16. The quantitative estimate of drug-likeness (QED) is 0.859. The number of esters is 1. The van der Waals surface area contributed by atoms with Gasteiger partial charge in [0.1, 0.15) is 0 Å². The zero-order valence-corrected chi connectivity index (χ0v) is 14.1. The molecule has 1 N–H and O–H groups in total. The molecule has 1 fully saturated rings. The number of rotatable bonds is 4. The third kappa shape index (κ3) is 2.61. The lowest BCUT2D eigenvalue weighted by molar-refractivity contribution is -0.143. The maximum atomic E-state index is 13.2. The van der Waals surface area contributed by atoms with Crippen LogP contribution in [0.15, 0.2) is 65.6 Å². The summed E-state index contributed by atoms with van der Waals surface area (Å²) in [6.07, 6.45) is 0.140. The summed E-state index contributed by atoms with van der Waals surface area (Å²) >= 11 is 0. The summed E-state index contributed by atoms with van der Waals surface area (Å²) in [5.41, 5.74) is 0.950. The molecule has 0 aromatic heterocycles. The van der Waals surface area contributed by atoms with Crippen molar-refractivity contribution in [2.75, 3.05) is 13.7 Å². The van der Waals surface area contributed by atoms with Crippen LogP contribution < -0.4 is 5.32 Å². The Balaban J connectivity index is 2.04. The van der Waals surface area contributed by atoms with Gasteiger partial charge < -0.3 is 10.1 Å². The van der Waals surface area contributed by atoms with Gasteiger partial charge in [0, 0.05) is 12.6 Å². The molecule has 0 radical (unpaired) electrons. The fourth-order valence-corrected chi connectivity index (χ4v) is 5.09. The predicted octanol–water partition coefficient (Wildman–Crippen LogP) is 2.11. The van der Waals surface area contributed by atoms with E-state index in [4.69, 9.17) is 4.74 Å². The summed E-state index contributed by atoms with van der Waals surface area (Å²) in [5.74, 6) is -0.725. The Morgan fingerprint density at radius 1 is 1.08 bits per heavy atom. The fraction of sp³-hybridized carbons (Fsp3) is 0.278. The van der Waals surface area contributed by atoms with E-state index in [0.717, 1.165) is 5.56 Å². The van der Waals surface area contributed by atoms with E-state index in [1.165, 1.54) is 19.2 Å². The highest BCUT2D eigenvalue weighted by atomic mass is 32.2. The molecule has 1 unspecified atom stereocenters. The van der Waals surface area contributed by atoms with Crippen LogP contribution in [0.3, 0.4) is 0 Å². The summed E-state index contributed by atoms with van der Waals surface area (Å²) in [4.78, 5) is 12.6. The summed E-state index contributed by atoms with van der Waals surface area (Å²) in [6.45, 7) is 0.0243. The molecule has 2 atom stereocenters. The van der Waals surface area contributed by atoms with Crippen molar-refractivity contribution in [1.82, 2.24) is 5.32 Å². The Hall–Kier alpha value is -2.18. The van der Waals surface area contributed by atoms with E-state index in [9.17, 15) is 13.2 Å². The molecule has 126 valence electrons. The second-order valence-corrected chi connectivity index (χ2v) is 8.11. The summed E-state index contributed by atoms with van der Waals surface area (Å²) in [7, 11) is -2.67. The smallest absolute Gasteiger partial charge is 0.329 e. The van der Waals surface area contributed by atoms with Gasteiger partial charge in [0.2, 0.25) is 0 Å². The Morgan fingerprint density at radius 3 is 2.25 bits per heavy atom. The number of hydrogen-bond donors (Lipinski definition) is 1. The minimum Gasteiger partial charge on any atom is -0.468 e. The van der Waals surface area contributed by atoms with Crippen molar-refractivity contribution < 1.29 is 17.9 Å². The monoisotopic (exact) mass is 345 g/mol. The molecule has 5 nitrogen and oxygen atoms in total. The normalized spacial score (nSPS) is 23.8. The topological polar surface area (TPSA) is 72.5 Å². The first kappa shape index (κ1) is 16.7. The van der Waals surface area contributed by atoms with Gasteiger partial charge in [-0.3, -0.25) is 4.79 Å². The van der Waals surface area contributed by atoms with Gasteiger partial charge in [-0.15, -0.1) is 0 Å². The van der Waals surface area contributed by atoms with E-state index in [0.29, 0.717) is 0 Å². The molecule has 24 heavy (non-hydrogen) atoms. The number of ether oxygens (including phenoxy) is 1. The number of carbonyl (C=O) groups excluding carboxylic acids is 1. The SMILES string of the molecule is COC(=O)[C@@]1(S(=O)(=O)c2ccccc2)CNC(c2ccccc2)C1. The van der Waals surface area contributed by atoms with E-state index in [2.05, 4.69) is 5.32 Å². The molecule has 1 aliphatic heterocycles. The van der Waals surface area contributed by atoms with Crippen LogP contribution in [0.5, 0.6) is 0 Å². The Labute approximate surface area is 141 Å². The van der Waals surface area contributed by atoms with Gasteiger partial charge in [-0.1, -0.05) is 48.5 Å². The van der Waals surface area contributed by atoms with Gasteiger partial charge in [-0.05, 0) is 24.1 Å². The highest BCUT2D eigenvalue weighted by Crippen LogP contribution is 2.39. The molecule has 0 aliphatic carbocycles. The summed E-state index contributed by atoms with van der Waals surface area (Å²) in [6, 6.07) is 17.3. The zero-order chi connectivity index (χ0) is 17.2. The average Bonchev–Trinajstić information content (AvgIpc) is 3.10. The van der Waals surface area contributed by atoms with Gasteiger partial charge >= 0.3 is 5.97 Å². The van der Waals surface area contributed by atoms with Gasteiger partial charge in [-0.25, -0.2) is 8.42 Å². The molecule has 1 saturated heterocycles. The number of methoxy groups -OCH3 is 1. The van der Waals surface area contributed by atoms with Crippen molar-refractivity contribution in [3.05, 3.63) is 66.2 Å². The molecule has 2 aromatic rings. The van der Waals surface area contributed by atoms with Crippen molar-refractivity contribution >= 4 is 15.8 Å². The first-order valence-electron chi connectivity index (χ1n) is 7.68. The number of carbonyl (C=O) groups is 1. The molecule has 0 bridgehead atoms. The molecule has 3 rings (SSSR count). The molecule has 0 saturated carbocycles. The third-order valence-electron chi connectivity index (χ3n) is 4.50. The highest BCUT2D eigenvalue weighted by Gasteiger charge is 2.57. The minimum atomic E-state index is -3.89. The molecular formula is C18H19NO4S. The largest absolute Gasteiger partial charge is 0.468 e. The second kappa shape index (κ2) is 6.37. The van der Waals surface area contributed by atoms with Crippen LogP contribution in [-0.4, -0.2) is 32.8 Å². The lowest BCUT2D eigenvalue weighted by atomic mass is 9.99. The van der Waals surface area contributed by atoms with Crippen LogP contribution in [0.1, 0.15) is 18.0 Å². The Morgan fingerprint density at radius 2 is 1.67 bits per heavy atom. The van der Waals surface area contributed by atoms with Crippen LogP contribution in [-0.2, 0) is 19.4 Å². The van der Waals surface area contributed by atoms with Crippen molar-refractivity contribution in [2.45, 2.75) is 22.1 Å². The lowest BCUT2D eigenvalue weighted by Gasteiger charge is -2.25. The van der Waals surface area contributed by atoms with Gasteiger partial charge in [0.15, 0.2) is 14.6 Å². The van der Waals surface area contributed by atoms with E-state index < -0.39 is 20.6 Å². The summed E-state index contributed by atoms with van der Waals surface area (Å²) in [5, 5.41) is 3.17. The van der Waals surface area contributed by atoms with Crippen LogP contribution >= 0.6 is 0 Å². The second-order valence-electron chi connectivity index (χ2n) is 5.85. The van der Waals surface area contributed by atoms with Gasteiger partial charge in [0.05, 0.1) is 12.0 Å². The van der Waals surface area contributed by atoms with Crippen LogP contribution in [0, 0.1) is 0 Å². The minimum absolute atomic E-state index is 0.0243. The van der Waals surface area contributed by atoms with Crippen LogP contribution in [0.25, 0.3) is 0 Å². The molecule has 1 heterocycles. The standard InChI is InChI=1S/C18H19NO4S/c1-23-17(20)18(24(21,22)15-10-6-3-7-11-15)12-16(19-13-18)14-8-4-2-5-9-14/h2-11,16,19H,12-13H2,1H3/t16?,18-/m0/s1. The maximum absolute atomic E-state index is 13.2. The number of nitrogens with one attached hydrogen (secondary N) is 1. The van der Waals surface area contributed by atoms with Crippen molar-refractivity contribution in [3.8, 4) is 0 Å². The van der Waals surface area contributed by atoms with Crippen molar-refractivity contribution in [2.24, 2.45) is 0 Å². The molecule has 0 amide bonds. The predicted molar refractivity (Wildman–Crippen MR) is 90.2 cm³/mol. The first-order chi connectivity index (χ1) is 11.5. The Kier molecular flexibility index (Phi) is 4.43. The zero-order valence-electron chi connectivity index (χ0n) is 13.3. The van der Waals surface area contributed by atoms with Gasteiger partial charge in [0.25, 0.3) is 0 Å². The van der Waals surface area contributed by atoms with E-state index in [-0.39, 0.29) is 23.9 Å². The van der Waals surface area contributed by atoms with Crippen LogP contribution in [0.4, 0.5) is 0 Å². The first-order valence-corrected chi connectivity index (χ1v) is 9.16. The molecule has 0 spiro atoms. The molecular weight excluding hydrogens is 326 g/mol. The highest BCUT2D eigenvalue weighted by molar-refractivity contribution is 7.93. The van der Waals surface area contributed by atoms with E-state index in [1.807, 2.05) is 30.3 Å². The van der Waals surface area contributed by atoms with E-state index >= 15 is 0 Å². The number of hydrogen-bond acceptors (Lipinski definition) is 5. The van der Waals surface area contributed by atoms with E-state index in [1.54, 1.807) is 18.2 Å². The van der Waals surface area contributed by atoms with Crippen molar-refractivity contribution in [3.63, 3.8) is 0 Å². The van der Waals surface area contributed by atoms with Crippen molar-refractivity contribution in [1.29, 1.82) is 0 Å². The lowest BCUT2D eigenvalue weighted by Crippen LogP contribution is -2.49. The molecule has 6 heteroatoms. The molecule has 1 aliphatic rings.